The van der Waals surface area contributed by atoms with E-state index in [4.69, 9.17) is 9.47 Å². The summed E-state index contributed by atoms with van der Waals surface area (Å²) in [5, 5.41) is 7.19. The van der Waals surface area contributed by atoms with Crippen molar-refractivity contribution in [1.29, 1.82) is 0 Å². The molecule has 1 atom stereocenters. The highest BCUT2D eigenvalue weighted by atomic mass is 32.2. The summed E-state index contributed by atoms with van der Waals surface area (Å²) in [4.78, 5) is 0. The third-order valence-corrected chi connectivity index (χ3v) is 6.99. The standard InChI is InChI=1S/C19H27FN4O4S/c1-3-23(4-2)29(25,26)24-10-12-28-19(14-24)17-13-15(21-22-17)9-11-27-18-8-6-5-7-16(18)20/h5-8,13,19H,3-4,9-12,14H2,1-2H3,(H,21,22)/t19-/m0/s1. The summed E-state index contributed by atoms with van der Waals surface area (Å²) in [6.45, 7) is 5.63. The van der Waals surface area contributed by atoms with Crippen molar-refractivity contribution in [3.05, 3.63) is 47.5 Å². The van der Waals surface area contributed by atoms with Crippen LogP contribution in [0.2, 0.25) is 0 Å². The third-order valence-electron chi connectivity index (χ3n) is 4.83. The first-order valence-electron chi connectivity index (χ1n) is 9.74. The first-order chi connectivity index (χ1) is 14.0. The fraction of sp³-hybridized carbons (Fsp3) is 0.526. The van der Waals surface area contributed by atoms with E-state index in [0.717, 1.165) is 5.69 Å². The highest BCUT2D eigenvalue weighted by Gasteiger charge is 2.34. The fourth-order valence-corrected chi connectivity index (χ4v) is 4.84. The van der Waals surface area contributed by atoms with Crippen LogP contribution < -0.4 is 4.74 Å². The number of aromatic amines is 1. The molecule has 1 aliphatic rings. The van der Waals surface area contributed by atoms with Gasteiger partial charge in [0.05, 0.1) is 18.9 Å². The summed E-state index contributed by atoms with van der Waals surface area (Å²) in [7, 11) is -3.51. The van der Waals surface area contributed by atoms with E-state index in [1.54, 1.807) is 18.2 Å². The van der Waals surface area contributed by atoms with Crippen molar-refractivity contribution < 1.29 is 22.3 Å². The molecule has 8 nitrogen and oxygen atoms in total. The van der Waals surface area contributed by atoms with Gasteiger partial charge in [-0.15, -0.1) is 0 Å². The second kappa shape index (κ2) is 9.66. The molecule has 1 aromatic heterocycles. The van der Waals surface area contributed by atoms with Gasteiger partial charge in [-0.05, 0) is 18.2 Å². The Morgan fingerprint density at radius 2 is 2.10 bits per heavy atom. The molecule has 3 rings (SSSR count). The lowest BCUT2D eigenvalue weighted by Gasteiger charge is -2.34. The van der Waals surface area contributed by atoms with Crippen LogP contribution in [-0.2, 0) is 21.4 Å². The van der Waals surface area contributed by atoms with Crippen molar-refractivity contribution in [1.82, 2.24) is 18.8 Å². The number of H-pyrrole nitrogens is 1. The Morgan fingerprint density at radius 1 is 1.34 bits per heavy atom. The highest BCUT2D eigenvalue weighted by molar-refractivity contribution is 7.86. The van der Waals surface area contributed by atoms with Gasteiger partial charge < -0.3 is 9.47 Å². The molecule has 2 heterocycles. The molecular formula is C19H27FN4O4S. The van der Waals surface area contributed by atoms with Gasteiger partial charge in [-0.2, -0.15) is 22.1 Å². The number of nitrogens with one attached hydrogen (secondary N) is 1. The molecule has 10 heteroatoms. The molecule has 0 radical (unpaired) electrons. The van der Waals surface area contributed by atoms with Crippen molar-refractivity contribution in [2.45, 2.75) is 26.4 Å². The Balaban J connectivity index is 1.59. The molecule has 0 spiro atoms. The number of nitrogens with zero attached hydrogens (tertiary/aromatic N) is 3. The van der Waals surface area contributed by atoms with E-state index in [1.165, 1.54) is 14.7 Å². The summed E-state index contributed by atoms with van der Waals surface area (Å²) in [6, 6.07) is 8.09. The first kappa shape index (κ1) is 21.7. The monoisotopic (exact) mass is 426 g/mol. The van der Waals surface area contributed by atoms with Crippen molar-refractivity contribution in [2.24, 2.45) is 0 Å². The smallest absolute Gasteiger partial charge is 0.282 e. The largest absolute Gasteiger partial charge is 0.490 e. The molecular weight excluding hydrogens is 399 g/mol. The van der Waals surface area contributed by atoms with Gasteiger partial charge in [0, 0.05) is 38.3 Å². The number of ether oxygens (including phenoxy) is 2. The van der Waals surface area contributed by atoms with Crippen LogP contribution in [0, 0.1) is 5.82 Å². The molecule has 0 saturated carbocycles. The van der Waals surface area contributed by atoms with Crippen LogP contribution in [0.5, 0.6) is 5.75 Å². The second-order valence-electron chi connectivity index (χ2n) is 6.66. The minimum absolute atomic E-state index is 0.208. The zero-order valence-electron chi connectivity index (χ0n) is 16.7. The van der Waals surface area contributed by atoms with Crippen molar-refractivity contribution in [2.75, 3.05) is 39.4 Å². The summed E-state index contributed by atoms with van der Waals surface area (Å²) < 4.78 is 53.2. The average molecular weight is 427 g/mol. The Kier molecular flexibility index (Phi) is 7.23. The lowest BCUT2D eigenvalue weighted by atomic mass is 10.2. The molecule has 1 fully saturated rings. The second-order valence-corrected chi connectivity index (χ2v) is 8.58. The number of halogens is 1. The van der Waals surface area contributed by atoms with E-state index < -0.39 is 22.1 Å². The van der Waals surface area contributed by atoms with Crippen LogP contribution in [0.25, 0.3) is 0 Å². The van der Waals surface area contributed by atoms with Crippen molar-refractivity contribution in [3.63, 3.8) is 0 Å². The first-order valence-corrected chi connectivity index (χ1v) is 11.1. The molecule has 1 aliphatic heterocycles. The van der Waals surface area contributed by atoms with Gasteiger partial charge in [0.15, 0.2) is 11.6 Å². The Bertz CT molecular complexity index is 901. The van der Waals surface area contributed by atoms with Crippen LogP contribution >= 0.6 is 0 Å². The maximum absolute atomic E-state index is 13.6. The van der Waals surface area contributed by atoms with E-state index >= 15 is 0 Å². The maximum atomic E-state index is 13.6. The summed E-state index contributed by atoms with van der Waals surface area (Å²) in [5.74, 6) is -0.192. The zero-order valence-corrected chi connectivity index (χ0v) is 17.5. The molecule has 1 aromatic carbocycles. The van der Waals surface area contributed by atoms with Crippen molar-refractivity contribution in [3.8, 4) is 5.75 Å². The van der Waals surface area contributed by atoms with Gasteiger partial charge in [-0.3, -0.25) is 5.10 Å². The number of rotatable bonds is 9. The summed E-state index contributed by atoms with van der Waals surface area (Å²) >= 11 is 0. The number of benzene rings is 1. The van der Waals surface area contributed by atoms with Crippen LogP contribution in [0.15, 0.2) is 30.3 Å². The molecule has 1 N–H and O–H groups in total. The Hall–Kier alpha value is -2.01. The van der Waals surface area contributed by atoms with Crippen LogP contribution in [0.1, 0.15) is 31.3 Å². The predicted octanol–water partition coefficient (Wildman–Crippen LogP) is 2.13. The molecule has 0 amide bonds. The topological polar surface area (TPSA) is 87.8 Å². The lowest BCUT2D eigenvalue weighted by Crippen LogP contribution is -2.49. The van der Waals surface area contributed by atoms with Crippen molar-refractivity contribution >= 4 is 10.2 Å². The molecule has 0 aliphatic carbocycles. The quantitative estimate of drug-likeness (QED) is 0.664. The minimum Gasteiger partial charge on any atom is -0.490 e. The van der Waals surface area contributed by atoms with E-state index in [1.807, 2.05) is 19.9 Å². The van der Waals surface area contributed by atoms with Crippen LogP contribution in [-0.4, -0.2) is 66.6 Å². The molecule has 0 bridgehead atoms. The molecule has 1 saturated heterocycles. The Morgan fingerprint density at radius 3 is 2.83 bits per heavy atom. The molecule has 160 valence electrons. The average Bonchev–Trinajstić information content (AvgIpc) is 3.19. The van der Waals surface area contributed by atoms with E-state index in [2.05, 4.69) is 10.2 Å². The summed E-state index contributed by atoms with van der Waals surface area (Å²) in [6.07, 6.45) is 0.0711. The number of morpholine rings is 1. The number of para-hydroxylation sites is 1. The van der Waals surface area contributed by atoms with Crippen LogP contribution in [0.4, 0.5) is 4.39 Å². The minimum atomic E-state index is -3.51. The predicted molar refractivity (Wildman–Crippen MR) is 106 cm³/mol. The molecule has 2 aromatic rings. The number of hydrogen-bond acceptors (Lipinski definition) is 5. The molecule has 0 unspecified atom stereocenters. The van der Waals surface area contributed by atoms with Gasteiger partial charge in [-0.1, -0.05) is 26.0 Å². The van der Waals surface area contributed by atoms with Gasteiger partial charge >= 0.3 is 0 Å². The number of hydrogen-bond donors (Lipinski definition) is 1. The SMILES string of the molecule is CCN(CC)S(=O)(=O)N1CCO[C@H](c2cc(CCOc3ccccc3F)[nH]n2)C1. The highest BCUT2D eigenvalue weighted by Crippen LogP contribution is 2.24. The third kappa shape index (κ3) is 5.13. The van der Waals surface area contributed by atoms with Gasteiger partial charge in [0.25, 0.3) is 10.2 Å². The van der Waals surface area contributed by atoms with Gasteiger partial charge in [0.1, 0.15) is 6.10 Å². The summed E-state index contributed by atoms with van der Waals surface area (Å²) in [5.41, 5.74) is 1.45. The van der Waals surface area contributed by atoms with Crippen LogP contribution in [0.3, 0.4) is 0 Å². The van der Waals surface area contributed by atoms with E-state index in [9.17, 15) is 12.8 Å². The number of aromatic nitrogens is 2. The maximum Gasteiger partial charge on any atom is 0.282 e. The Labute approximate surface area is 170 Å². The zero-order chi connectivity index (χ0) is 20.9. The van der Waals surface area contributed by atoms with Gasteiger partial charge in [-0.25, -0.2) is 4.39 Å². The van der Waals surface area contributed by atoms with Gasteiger partial charge in [0.2, 0.25) is 0 Å². The normalized spacial score (nSPS) is 18.3. The van der Waals surface area contributed by atoms with E-state index in [-0.39, 0.29) is 18.9 Å². The fourth-order valence-electron chi connectivity index (χ4n) is 3.23. The van der Waals surface area contributed by atoms with E-state index in [0.29, 0.717) is 38.4 Å². The molecule has 29 heavy (non-hydrogen) atoms. The lowest BCUT2D eigenvalue weighted by molar-refractivity contribution is -0.00661.